The lowest BCUT2D eigenvalue weighted by atomic mass is 9.88. The van der Waals surface area contributed by atoms with E-state index in [-0.39, 0.29) is 47.5 Å². The van der Waals surface area contributed by atoms with Crippen molar-refractivity contribution >= 4 is 16.1 Å². The molecule has 0 radical (unpaired) electrons. The summed E-state index contributed by atoms with van der Waals surface area (Å²) in [5.41, 5.74) is 0.977. The van der Waals surface area contributed by atoms with Gasteiger partial charge in [-0.2, -0.15) is 8.42 Å². The Kier molecular flexibility index (Phi) is 17.5. The van der Waals surface area contributed by atoms with Crippen molar-refractivity contribution in [1.82, 2.24) is 0 Å². The number of rotatable bonds is 20. The summed E-state index contributed by atoms with van der Waals surface area (Å²) >= 11 is 0. The number of allylic oxidation sites excluding steroid dienone is 2. The van der Waals surface area contributed by atoms with Gasteiger partial charge in [-0.3, -0.25) is 8.98 Å². The number of ether oxygens (including phenoxy) is 5. The van der Waals surface area contributed by atoms with Crippen LogP contribution in [0.15, 0.2) is 53.5 Å². The third kappa shape index (κ3) is 13.5. The maximum absolute atomic E-state index is 13.6. The summed E-state index contributed by atoms with van der Waals surface area (Å²) < 4.78 is 63.5. The molecular weight excluding hydrogens is 656 g/mol. The summed E-state index contributed by atoms with van der Waals surface area (Å²) in [7, 11) is -2.63. The Morgan fingerprint density at radius 3 is 2.36 bits per heavy atom. The summed E-state index contributed by atoms with van der Waals surface area (Å²) in [4.78, 5) is 11.8. The van der Waals surface area contributed by atoms with Crippen LogP contribution in [-0.2, 0) is 42.8 Å². The maximum atomic E-state index is 13.6. The summed E-state index contributed by atoms with van der Waals surface area (Å²) in [6, 6.07) is 6.78. The molecule has 1 aliphatic carbocycles. The van der Waals surface area contributed by atoms with Crippen LogP contribution in [-0.4, -0.2) is 65.6 Å². The number of esters is 1. The first-order valence-electron chi connectivity index (χ1n) is 19.1. The van der Waals surface area contributed by atoms with Crippen molar-refractivity contribution in [2.45, 2.75) is 153 Å². The van der Waals surface area contributed by atoms with E-state index in [0.29, 0.717) is 38.2 Å². The van der Waals surface area contributed by atoms with Crippen LogP contribution in [0.25, 0.3) is 0 Å². The third-order valence-corrected chi connectivity index (χ3v) is 11.5. The topological polar surface area (TPSA) is 107 Å². The molecule has 3 fully saturated rings. The minimum Gasteiger partial charge on any atom is -0.469 e. The molecule has 1 aromatic carbocycles. The summed E-state index contributed by atoms with van der Waals surface area (Å²) in [5, 5.41) is 0. The molecule has 9 nitrogen and oxygen atoms in total. The average molecular weight is 719 g/mol. The standard InChI is InChI=1S/C40H62O9S/c1-5-6-15-31(3)28-32(47-39-18-11-13-26-45-39)22-25-35-34(16-9-7-8-10-17-38(41)44-4)37(29-36(35)48-40-19-12-14-27-46-40)49-50(42,43)33-23-20-30(2)21-24-33/h7,9,20-25,31-32,34-37,39-40H,5-6,8,10-19,26-29H2,1-4H3/t31-,32-,34+,35+,36+,37+,39?,40?/m0/s1. The van der Waals surface area contributed by atoms with Gasteiger partial charge in [0.2, 0.25) is 0 Å². The minimum absolute atomic E-state index is 0.136. The highest BCUT2D eigenvalue weighted by Crippen LogP contribution is 2.42. The first-order valence-corrected chi connectivity index (χ1v) is 20.5. The lowest BCUT2D eigenvalue weighted by Crippen LogP contribution is -2.31. The van der Waals surface area contributed by atoms with Gasteiger partial charge in [0.1, 0.15) is 0 Å². The smallest absolute Gasteiger partial charge is 0.305 e. The molecule has 4 rings (SSSR count). The quantitative estimate of drug-likeness (QED) is 0.0567. The van der Waals surface area contributed by atoms with E-state index in [4.69, 9.17) is 27.9 Å². The van der Waals surface area contributed by atoms with E-state index in [1.54, 1.807) is 24.3 Å². The van der Waals surface area contributed by atoms with Crippen molar-refractivity contribution in [3.8, 4) is 0 Å². The van der Waals surface area contributed by atoms with E-state index >= 15 is 0 Å². The Morgan fingerprint density at radius 2 is 1.70 bits per heavy atom. The predicted octanol–water partition coefficient (Wildman–Crippen LogP) is 8.59. The second-order valence-corrected chi connectivity index (χ2v) is 15.9. The Hall–Kier alpha value is -2.08. The molecule has 0 aromatic heterocycles. The van der Waals surface area contributed by atoms with Crippen LogP contribution < -0.4 is 0 Å². The first kappa shape index (κ1) is 40.7. The van der Waals surface area contributed by atoms with Gasteiger partial charge in [0.15, 0.2) is 12.6 Å². The molecule has 8 atom stereocenters. The number of hydrogen-bond donors (Lipinski definition) is 0. The molecule has 2 heterocycles. The molecule has 0 spiro atoms. The molecule has 0 N–H and O–H groups in total. The van der Waals surface area contributed by atoms with E-state index in [9.17, 15) is 13.2 Å². The molecular formula is C40H62O9S. The minimum atomic E-state index is -4.03. The second kappa shape index (κ2) is 21.4. The molecule has 1 aromatic rings. The largest absolute Gasteiger partial charge is 0.469 e. The summed E-state index contributed by atoms with van der Waals surface area (Å²) in [5.74, 6) is -0.0544. The molecule has 2 saturated heterocycles. The fourth-order valence-electron chi connectivity index (χ4n) is 7.20. The van der Waals surface area contributed by atoms with Crippen LogP contribution in [0.3, 0.4) is 0 Å². The molecule has 50 heavy (non-hydrogen) atoms. The van der Waals surface area contributed by atoms with Crippen LogP contribution >= 0.6 is 0 Å². The van der Waals surface area contributed by atoms with Crippen LogP contribution in [0.4, 0.5) is 0 Å². The fourth-order valence-corrected chi connectivity index (χ4v) is 8.33. The molecule has 1 saturated carbocycles. The molecule has 2 aliphatic heterocycles. The Morgan fingerprint density at radius 1 is 0.980 bits per heavy atom. The highest BCUT2D eigenvalue weighted by molar-refractivity contribution is 7.86. The predicted molar refractivity (Wildman–Crippen MR) is 194 cm³/mol. The van der Waals surface area contributed by atoms with Gasteiger partial charge in [-0.15, -0.1) is 0 Å². The van der Waals surface area contributed by atoms with E-state index in [0.717, 1.165) is 76.4 Å². The van der Waals surface area contributed by atoms with Crippen molar-refractivity contribution in [1.29, 1.82) is 0 Å². The average Bonchev–Trinajstić information content (AvgIpc) is 3.42. The van der Waals surface area contributed by atoms with Gasteiger partial charge in [-0.25, -0.2) is 0 Å². The number of carbonyl (C=O) groups is 1. The monoisotopic (exact) mass is 718 g/mol. The number of benzene rings is 1. The van der Waals surface area contributed by atoms with E-state index < -0.39 is 16.2 Å². The Labute approximate surface area is 301 Å². The van der Waals surface area contributed by atoms with E-state index in [1.807, 2.05) is 6.92 Å². The summed E-state index contributed by atoms with van der Waals surface area (Å²) in [6.45, 7) is 7.81. The van der Waals surface area contributed by atoms with Crippen molar-refractivity contribution < 1.29 is 41.1 Å². The van der Waals surface area contributed by atoms with E-state index in [2.05, 4.69) is 38.2 Å². The molecule has 0 bridgehead atoms. The van der Waals surface area contributed by atoms with E-state index in [1.165, 1.54) is 13.5 Å². The second-order valence-electron chi connectivity index (χ2n) is 14.4. The fraction of sp³-hybridized carbons (Fsp3) is 0.725. The van der Waals surface area contributed by atoms with Crippen LogP contribution in [0.5, 0.6) is 0 Å². The van der Waals surface area contributed by atoms with Gasteiger partial charge in [-0.1, -0.05) is 75.1 Å². The normalized spacial score (nSPS) is 27.5. The highest BCUT2D eigenvalue weighted by atomic mass is 32.2. The first-order chi connectivity index (χ1) is 24.2. The van der Waals surface area contributed by atoms with Gasteiger partial charge in [0.25, 0.3) is 10.1 Å². The summed E-state index contributed by atoms with van der Waals surface area (Å²) in [6.07, 6.45) is 20.0. The lowest BCUT2D eigenvalue weighted by molar-refractivity contribution is -0.193. The molecule has 10 heteroatoms. The van der Waals surface area contributed by atoms with Crippen LogP contribution in [0.2, 0.25) is 0 Å². The van der Waals surface area contributed by atoms with Gasteiger partial charge < -0.3 is 23.7 Å². The van der Waals surface area contributed by atoms with Crippen molar-refractivity contribution in [3.63, 3.8) is 0 Å². The highest BCUT2D eigenvalue weighted by Gasteiger charge is 2.46. The van der Waals surface area contributed by atoms with Crippen molar-refractivity contribution in [3.05, 3.63) is 54.1 Å². The van der Waals surface area contributed by atoms with Gasteiger partial charge >= 0.3 is 5.97 Å². The van der Waals surface area contributed by atoms with Crippen molar-refractivity contribution in [2.75, 3.05) is 20.3 Å². The Balaban J connectivity index is 1.61. The van der Waals surface area contributed by atoms with Gasteiger partial charge in [0.05, 0.1) is 30.3 Å². The number of carbonyl (C=O) groups excluding carboxylic acids is 1. The van der Waals surface area contributed by atoms with Crippen molar-refractivity contribution in [2.24, 2.45) is 17.8 Å². The Bertz CT molecular complexity index is 1280. The zero-order chi connectivity index (χ0) is 35.8. The number of hydrogen-bond acceptors (Lipinski definition) is 9. The van der Waals surface area contributed by atoms with Crippen LogP contribution in [0.1, 0.15) is 116 Å². The van der Waals surface area contributed by atoms with Crippen LogP contribution in [0, 0.1) is 24.7 Å². The number of aryl methyl sites for hydroxylation is 1. The molecule has 2 unspecified atom stereocenters. The molecule has 3 aliphatic rings. The lowest BCUT2D eigenvalue weighted by Gasteiger charge is -2.30. The zero-order valence-electron chi connectivity index (χ0n) is 30.8. The third-order valence-electron chi connectivity index (χ3n) is 10.1. The van der Waals surface area contributed by atoms with Gasteiger partial charge in [-0.05, 0) is 95.1 Å². The SMILES string of the molecule is CCCC[C@H](C)C[C@H](C=C[C@@H]1[C@@H](CC=CCCCC(=O)OC)[C@H](OS(=O)(=O)c2ccc(C)cc2)C[C@H]1OC1CCCCO1)OC1CCCCO1. The molecule has 0 amide bonds. The number of unbranched alkanes of at least 4 members (excludes halogenated alkanes) is 2. The maximum Gasteiger partial charge on any atom is 0.305 e. The number of methoxy groups -OCH3 is 1. The zero-order valence-corrected chi connectivity index (χ0v) is 31.7. The van der Waals surface area contributed by atoms with Gasteiger partial charge in [0, 0.05) is 32.0 Å². The molecule has 282 valence electrons.